The third-order valence-electron chi connectivity index (χ3n) is 5.98. The molecule has 0 bridgehead atoms. The summed E-state index contributed by atoms with van der Waals surface area (Å²) in [5, 5.41) is 20.6. The SMILES string of the molecule is COC(=O)C1=C(C)NC(=O)N[C@@H]1c1ccc(OCC(=O)N/N=C\c2ccc(-c3ccc(Cl)cc3[N+](=O)[O-])o2)c(OC)c1. The van der Waals surface area contributed by atoms with Gasteiger partial charge in [0.15, 0.2) is 18.1 Å². The lowest BCUT2D eigenvalue weighted by Gasteiger charge is -2.28. The minimum absolute atomic E-state index is 0.215. The molecule has 1 aromatic heterocycles. The number of nitrogens with one attached hydrogen (secondary N) is 3. The summed E-state index contributed by atoms with van der Waals surface area (Å²) >= 11 is 5.86. The number of furan rings is 1. The second-order valence-corrected chi connectivity index (χ2v) is 9.11. The first kappa shape index (κ1) is 29.6. The van der Waals surface area contributed by atoms with Gasteiger partial charge in [0, 0.05) is 16.8 Å². The molecule has 0 aliphatic carbocycles. The normalized spacial score (nSPS) is 14.7. The van der Waals surface area contributed by atoms with Crippen LogP contribution < -0.4 is 25.5 Å². The molecule has 0 fully saturated rings. The van der Waals surface area contributed by atoms with E-state index in [2.05, 4.69) is 21.2 Å². The first-order valence-electron chi connectivity index (χ1n) is 12.1. The predicted molar refractivity (Wildman–Crippen MR) is 149 cm³/mol. The molecule has 2 aromatic carbocycles. The Kier molecular flexibility index (Phi) is 9.07. The summed E-state index contributed by atoms with van der Waals surface area (Å²) in [5.74, 6) is -0.293. The fourth-order valence-corrected chi connectivity index (χ4v) is 4.25. The first-order valence-corrected chi connectivity index (χ1v) is 12.5. The number of carbonyl (C=O) groups is 3. The number of nitro groups is 1. The summed E-state index contributed by atoms with van der Waals surface area (Å²) < 4.78 is 21.4. The quantitative estimate of drug-likeness (QED) is 0.135. The summed E-state index contributed by atoms with van der Waals surface area (Å²) in [7, 11) is 2.64. The number of esters is 1. The van der Waals surface area contributed by atoms with Crippen molar-refractivity contribution >= 4 is 41.4 Å². The van der Waals surface area contributed by atoms with E-state index in [0.29, 0.717) is 11.3 Å². The fraction of sp³-hybridized carbons (Fsp3) is 0.185. The van der Waals surface area contributed by atoms with Gasteiger partial charge >= 0.3 is 12.0 Å². The highest BCUT2D eigenvalue weighted by molar-refractivity contribution is 6.30. The first-order chi connectivity index (χ1) is 20.1. The Morgan fingerprint density at radius 3 is 2.67 bits per heavy atom. The second-order valence-electron chi connectivity index (χ2n) is 8.67. The average Bonchev–Trinajstić information content (AvgIpc) is 3.43. The molecule has 0 saturated carbocycles. The molecule has 3 N–H and O–H groups in total. The van der Waals surface area contributed by atoms with Crippen LogP contribution in [0, 0.1) is 10.1 Å². The summed E-state index contributed by atoms with van der Waals surface area (Å²) in [6.07, 6.45) is 1.22. The van der Waals surface area contributed by atoms with E-state index in [1.54, 1.807) is 19.1 Å². The zero-order valence-corrected chi connectivity index (χ0v) is 23.2. The van der Waals surface area contributed by atoms with Gasteiger partial charge in [-0.3, -0.25) is 14.9 Å². The van der Waals surface area contributed by atoms with Crippen LogP contribution in [-0.2, 0) is 14.3 Å². The number of nitro benzene ring substituents is 1. The number of benzene rings is 2. The van der Waals surface area contributed by atoms with E-state index in [9.17, 15) is 24.5 Å². The molecule has 0 unspecified atom stereocenters. The number of hydrazone groups is 1. The van der Waals surface area contributed by atoms with Crippen LogP contribution in [0.1, 0.15) is 24.3 Å². The molecule has 218 valence electrons. The smallest absolute Gasteiger partial charge is 0.337 e. The third-order valence-corrected chi connectivity index (χ3v) is 6.22. The molecule has 14 nitrogen and oxygen atoms in total. The predicted octanol–water partition coefficient (Wildman–Crippen LogP) is 3.85. The zero-order chi connectivity index (χ0) is 30.4. The molecular weight excluding hydrogens is 574 g/mol. The van der Waals surface area contributed by atoms with Crippen LogP contribution in [0.2, 0.25) is 5.02 Å². The maximum absolute atomic E-state index is 12.3. The van der Waals surface area contributed by atoms with Gasteiger partial charge < -0.3 is 29.3 Å². The van der Waals surface area contributed by atoms with E-state index in [1.165, 1.54) is 56.8 Å². The minimum Gasteiger partial charge on any atom is -0.493 e. The topological polar surface area (TPSA) is 184 Å². The van der Waals surface area contributed by atoms with Gasteiger partial charge in [-0.1, -0.05) is 17.7 Å². The highest BCUT2D eigenvalue weighted by atomic mass is 35.5. The van der Waals surface area contributed by atoms with Crippen LogP contribution in [-0.4, -0.2) is 49.9 Å². The average molecular weight is 598 g/mol. The maximum atomic E-state index is 12.3. The number of ether oxygens (including phenoxy) is 3. The molecular formula is C27H24ClN5O9. The molecule has 0 radical (unpaired) electrons. The molecule has 42 heavy (non-hydrogen) atoms. The molecule has 2 heterocycles. The Bertz CT molecular complexity index is 1610. The van der Waals surface area contributed by atoms with E-state index >= 15 is 0 Å². The summed E-state index contributed by atoms with van der Waals surface area (Å²) in [4.78, 5) is 47.5. The molecule has 1 aliphatic heterocycles. The number of hydrogen-bond donors (Lipinski definition) is 3. The molecule has 3 amide bonds. The van der Waals surface area contributed by atoms with Gasteiger partial charge in [-0.15, -0.1) is 0 Å². The monoisotopic (exact) mass is 597 g/mol. The van der Waals surface area contributed by atoms with Gasteiger partial charge in [0.2, 0.25) is 0 Å². The maximum Gasteiger partial charge on any atom is 0.337 e. The van der Waals surface area contributed by atoms with Gasteiger partial charge in [0.25, 0.3) is 11.6 Å². The van der Waals surface area contributed by atoms with Crippen molar-refractivity contribution in [2.75, 3.05) is 20.8 Å². The van der Waals surface area contributed by atoms with E-state index in [0.717, 1.165) is 0 Å². The van der Waals surface area contributed by atoms with Crippen LogP contribution in [0.15, 0.2) is 69.3 Å². The number of amides is 3. The number of rotatable bonds is 10. The highest BCUT2D eigenvalue weighted by Crippen LogP contribution is 2.35. The molecule has 1 atom stereocenters. The molecule has 15 heteroatoms. The Morgan fingerprint density at radius 1 is 1.17 bits per heavy atom. The summed E-state index contributed by atoms with van der Waals surface area (Å²) in [5.41, 5.74) is 3.40. The Balaban J connectivity index is 1.39. The van der Waals surface area contributed by atoms with Crippen LogP contribution in [0.4, 0.5) is 10.5 Å². The number of allylic oxidation sites excluding steroid dienone is 1. The number of carbonyl (C=O) groups excluding carboxylic acids is 3. The summed E-state index contributed by atoms with van der Waals surface area (Å²) in [6, 6.07) is 10.7. The highest BCUT2D eigenvalue weighted by Gasteiger charge is 2.32. The number of urea groups is 1. The fourth-order valence-electron chi connectivity index (χ4n) is 4.08. The molecule has 0 saturated heterocycles. The number of methoxy groups -OCH3 is 2. The van der Waals surface area contributed by atoms with E-state index < -0.39 is 35.5 Å². The van der Waals surface area contributed by atoms with Crippen molar-refractivity contribution in [3.8, 4) is 22.8 Å². The van der Waals surface area contributed by atoms with Gasteiger partial charge in [0.05, 0.1) is 42.5 Å². The Morgan fingerprint density at radius 2 is 1.95 bits per heavy atom. The van der Waals surface area contributed by atoms with E-state index in [4.69, 9.17) is 30.2 Å². The van der Waals surface area contributed by atoms with Crippen molar-refractivity contribution in [3.05, 3.63) is 86.3 Å². The van der Waals surface area contributed by atoms with Crippen LogP contribution in [0.25, 0.3) is 11.3 Å². The standard InChI is InChI=1S/C27H24ClN5O9/c1-14-24(26(35)40-3)25(31-27(36)30-14)15-4-8-21(22(10-15)39-2)41-13-23(34)32-29-12-17-6-9-20(42-17)18-7-5-16(28)11-19(18)33(37)38/h4-12,25H,13H2,1-3H3,(H,32,34)(H2,30,31,36)/b29-12-/t25-/m1/s1. The van der Waals surface area contributed by atoms with Crippen LogP contribution >= 0.6 is 11.6 Å². The lowest BCUT2D eigenvalue weighted by Crippen LogP contribution is -2.45. The van der Waals surface area contributed by atoms with Crippen LogP contribution in [0.3, 0.4) is 0 Å². The lowest BCUT2D eigenvalue weighted by atomic mass is 9.95. The minimum atomic E-state index is -0.806. The Hall–Kier alpha value is -5.37. The van der Waals surface area contributed by atoms with Crippen molar-refractivity contribution < 1.29 is 37.9 Å². The van der Waals surface area contributed by atoms with Crippen molar-refractivity contribution in [3.63, 3.8) is 0 Å². The number of hydrogen-bond acceptors (Lipinski definition) is 10. The van der Waals surface area contributed by atoms with Crippen molar-refractivity contribution in [1.29, 1.82) is 0 Å². The number of nitrogens with zero attached hydrogens (tertiary/aromatic N) is 2. The van der Waals surface area contributed by atoms with Gasteiger partial charge in [0.1, 0.15) is 11.5 Å². The third kappa shape index (κ3) is 6.67. The van der Waals surface area contributed by atoms with Crippen molar-refractivity contribution in [2.24, 2.45) is 5.10 Å². The Labute approximate surface area is 243 Å². The van der Waals surface area contributed by atoms with Crippen molar-refractivity contribution in [1.82, 2.24) is 16.1 Å². The van der Waals surface area contributed by atoms with Gasteiger partial charge in [-0.2, -0.15) is 5.10 Å². The van der Waals surface area contributed by atoms with E-state index in [1.807, 2.05) is 0 Å². The molecule has 1 aliphatic rings. The lowest BCUT2D eigenvalue weighted by molar-refractivity contribution is -0.384. The van der Waals surface area contributed by atoms with Crippen LogP contribution in [0.5, 0.6) is 11.5 Å². The second kappa shape index (κ2) is 12.9. The molecule has 0 spiro atoms. The molecule has 3 aromatic rings. The largest absolute Gasteiger partial charge is 0.493 e. The molecule has 4 rings (SSSR count). The van der Waals surface area contributed by atoms with Gasteiger partial charge in [-0.25, -0.2) is 15.0 Å². The zero-order valence-electron chi connectivity index (χ0n) is 22.4. The van der Waals surface area contributed by atoms with E-state index in [-0.39, 0.29) is 44.9 Å². The number of halogens is 1. The van der Waals surface area contributed by atoms with Gasteiger partial charge in [-0.05, 0) is 48.9 Å². The van der Waals surface area contributed by atoms with Crippen molar-refractivity contribution in [2.45, 2.75) is 13.0 Å². The summed E-state index contributed by atoms with van der Waals surface area (Å²) in [6.45, 7) is 1.16.